The molecule has 0 fully saturated rings. The first-order valence-electron chi connectivity index (χ1n) is 10.4. The lowest BCUT2D eigenvalue weighted by Crippen LogP contribution is -2.20. The van der Waals surface area contributed by atoms with E-state index >= 15 is 0 Å². The minimum absolute atomic E-state index is 0.150. The van der Waals surface area contributed by atoms with Gasteiger partial charge in [-0.05, 0) is 61.4 Å². The first-order valence-corrected chi connectivity index (χ1v) is 10.4. The summed E-state index contributed by atoms with van der Waals surface area (Å²) in [7, 11) is 0. The fourth-order valence-corrected chi connectivity index (χ4v) is 3.64. The van der Waals surface area contributed by atoms with E-state index in [9.17, 15) is 18.0 Å². The second-order valence-corrected chi connectivity index (χ2v) is 7.65. The summed E-state index contributed by atoms with van der Waals surface area (Å²) in [6, 6.07) is 11.2. The number of hydrogen-bond acceptors (Lipinski definition) is 6. The number of aromatic nitrogens is 5. The maximum Gasteiger partial charge on any atom is 0.433 e. The molecule has 0 radical (unpaired) electrons. The zero-order valence-electron chi connectivity index (χ0n) is 18.6. The number of rotatable bonds is 5. The van der Waals surface area contributed by atoms with Crippen LogP contribution in [0.3, 0.4) is 0 Å². The lowest BCUT2D eigenvalue weighted by Gasteiger charge is -2.09. The van der Waals surface area contributed by atoms with Crippen molar-refractivity contribution in [2.24, 2.45) is 0 Å². The molecule has 35 heavy (non-hydrogen) atoms. The fraction of sp³-hybridized carbons (Fsp3) is 0.167. The van der Waals surface area contributed by atoms with E-state index in [0.29, 0.717) is 28.3 Å². The molecule has 0 bridgehead atoms. The van der Waals surface area contributed by atoms with Crippen LogP contribution in [0.5, 0.6) is 0 Å². The maximum atomic E-state index is 13.1. The van der Waals surface area contributed by atoms with Gasteiger partial charge in [-0.15, -0.1) is 0 Å². The number of carbonyl (C=O) groups excluding carboxylic acids is 1. The second-order valence-electron chi connectivity index (χ2n) is 7.65. The Morgan fingerprint density at radius 1 is 1.03 bits per heavy atom. The fourth-order valence-electron chi connectivity index (χ4n) is 3.64. The van der Waals surface area contributed by atoms with Crippen LogP contribution in [0, 0.1) is 25.2 Å². The standard InChI is InChI=1S/C24H18F3N7O/c1-14-23(17-6-8-30-20(10-17)24(25,26)27)15(2)34(33-14)13-22(35)32-21-4-3-18(12-31-21)16-5-7-29-19(9-16)11-28/h3-10,12H,13H2,1-2H3,(H,31,32,35). The Hall–Kier alpha value is -4.59. The van der Waals surface area contributed by atoms with E-state index in [1.54, 1.807) is 44.3 Å². The minimum Gasteiger partial charge on any atom is -0.309 e. The summed E-state index contributed by atoms with van der Waals surface area (Å²) < 4.78 is 40.6. The molecule has 8 nitrogen and oxygen atoms in total. The molecule has 11 heteroatoms. The normalized spacial score (nSPS) is 11.2. The van der Waals surface area contributed by atoms with Gasteiger partial charge in [-0.25, -0.2) is 9.97 Å². The second kappa shape index (κ2) is 9.34. The Morgan fingerprint density at radius 2 is 1.77 bits per heavy atom. The summed E-state index contributed by atoms with van der Waals surface area (Å²) in [6.45, 7) is 3.21. The van der Waals surface area contributed by atoms with Gasteiger partial charge in [0.1, 0.15) is 29.8 Å². The van der Waals surface area contributed by atoms with Gasteiger partial charge < -0.3 is 5.32 Å². The van der Waals surface area contributed by atoms with Crippen LogP contribution < -0.4 is 5.32 Å². The number of anilines is 1. The molecular formula is C24H18F3N7O. The molecule has 4 heterocycles. The molecule has 4 rings (SSSR count). The molecule has 0 saturated heterocycles. The number of nitrogens with zero attached hydrogens (tertiary/aromatic N) is 6. The van der Waals surface area contributed by atoms with Crippen LogP contribution in [0.1, 0.15) is 22.8 Å². The van der Waals surface area contributed by atoms with Gasteiger partial charge in [-0.1, -0.05) is 0 Å². The van der Waals surface area contributed by atoms with Crippen molar-refractivity contribution in [2.45, 2.75) is 26.6 Å². The summed E-state index contributed by atoms with van der Waals surface area (Å²) in [5, 5.41) is 16.0. The van der Waals surface area contributed by atoms with Crippen molar-refractivity contribution < 1.29 is 18.0 Å². The van der Waals surface area contributed by atoms with Crippen molar-refractivity contribution in [2.75, 3.05) is 5.32 Å². The molecule has 1 amide bonds. The van der Waals surface area contributed by atoms with Crippen LogP contribution in [0.15, 0.2) is 55.0 Å². The third-order valence-corrected chi connectivity index (χ3v) is 5.25. The van der Waals surface area contributed by atoms with E-state index in [0.717, 1.165) is 23.4 Å². The zero-order valence-corrected chi connectivity index (χ0v) is 18.6. The molecule has 0 saturated carbocycles. The van der Waals surface area contributed by atoms with Crippen LogP contribution in [0.2, 0.25) is 0 Å². The number of hydrogen-bond donors (Lipinski definition) is 1. The predicted molar refractivity (Wildman–Crippen MR) is 121 cm³/mol. The number of amides is 1. The smallest absolute Gasteiger partial charge is 0.309 e. The molecule has 4 aromatic heterocycles. The van der Waals surface area contributed by atoms with Crippen LogP contribution in [-0.2, 0) is 17.5 Å². The summed E-state index contributed by atoms with van der Waals surface area (Å²) in [5.41, 5.74) is 2.68. The van der Waals surface area contributed by atoms with E-state index < -0.39 is 17.8 Å². The molecule has 0 aliphatic carbocycles. The highest BCUT2D eigenvalue weighted by Crippen LogP contribution is 2.33. The number of pyridine rings is 3. The van der Waals surface area contributed by atoms with Gasteiger partial charge >= 0.3 is 6.18 Å². The summed E-state index contributed by atoms with van der Waals surface area (Å²) in [6.07, 6.45) is -0.369. The lowest BCUT2D eigenvalue weighted by atomic mass is 10.0. The van der Waals surface area contributed by atoms with Gasteiger partial charge in [-0.3, -0.25) is 14.5 Å². The first-order chi connectivity index (χ1) is 16.7. The summed E-state index contributed by atoms with van der Waals surface area (Å²) in [4.78, 5) is 24.2. The highest BCUT2D eigenvalue weighted by molar-refractivity contribution is 5.90. The van der Waals surface area contributed by atoms with Crippen molar-refractivity contribution in [3.8, 4) is 28.3 Å². The molecule has 0 spiro atoms. The van der Waals surface area contributed by atoms with Gasteiger partial charge in [0.15, 0.2) is 0 Å². The topological polar surface area (TPSA) is 109 Å². The van der Waals surface area contributed by atoms with E-state index in [1.165, 1.54) is 16.9 Å². The lowest BCUT2D eigenvalue weighted by molar-refractivity contribution is -0.141. The van der Waals surface area contributed by atoms with E-state index in [1.807, 2.05) is 6.07 Å². The van der Waals surface area contributed by atoms with Crippen molar-refractivity contribution in [3.05, 3.63) is 77.8 Å². The van der Waals surface area contributed by atoms with Crippen LogP contribution >= 0.6 is 0 Å². The summed E-state index contributed by atoms with van der Waals surface area (Å²) in [5.74, 6) is -0.0807. The first kappa shape index (κ1) is 23.6. The maximum absolute atomic E-state index is 13.1. The number of nitrogens with one attached hydrogen (secondary N) is 1. The molecule has 0 atom stereocenters. The van der Waals surface area contributed by atoms with Crippen molar-refractivity contribution >= 4 is 11.7 Å². The molecule has 0 aliphatic heterocycles. The van der Waals surface area contributed by atoms with Gasteiger partial charge in [-0.2, -0.15) is 23.5 Å². The zero-order chi connectivity index (χ0) is 25.2. The average Bonchev–Trinajstić information content (AvgIpc) is 3.11. The molecule has 0 unspecified atom stereocenters. The third kappa shape index (κ3) is 5.16. The Balaban J connectivity index is 1.49. The third-order valence-electron chi connectivity index (χ3n) is 5.25. The number of halogens is 3. The number of carbonyl (C=O) groups is 1. The number of nitriles is 1. The molecule has 0 aliphatic rings. The predicted octanol–water partition coefficient (Wildman–Crippen LogP) is 4.55. The number of aryl methyl sites for hydroxylation is 1. The van der Waals surface area contributed by atoms with Crippen LogP contribution in [0.4, 0.5) is 19.0 Å². The molecule has 176 valence electrons. The van der Waals surface area contributed by atoms with Crippen molar-refractivity contribution in [1.29, 1.82) is 5.26 Å². The largest absolute Gasteiger partial charge is 0.433 e. The minimum atomic E-state index is -4.56. The average molecular weight is 477 g/mol. The van der Waals surface area contributed by atoms with Crippen LogP contribution in [0.25, 0.3) is 22.3 Å². The number of alkyl halides is 3. The Bertz CT molecular complexity index is 1440. The van der Waals surface area contributed by atoms with Gasteiger partial charge in [0, 0.05) is 35.4 Å². The Morgan fingerprint density at radius 3 is 2.46 bits per heavy atom. The van der Waals surface area contributed by atoms with Gasteiger partial charge in [0.25, 0.3) is 0 Å². The monoisotopic (exact) mass is 477 g/mol. The van der Waals surface area contributed by atoms with E-state index in [4.69, 9.17) is 5.26 Å². The van der Waals surface area contributed by atoms with Crippen molar-refractivity contribution in [3.63, 3.8) is 0 Å². The molecule has 1 N–H and O–H groups in total. The highest BCUT2D eigenvalue weighted by atomic mass is 19.4. The van der Waals surface area contributed by atoms with Gasteiger partial charge in [0.05, 0.1) is 5.69 Å². The van der Waals surface area contributed by atoms with Crippen molar-refractivity contribution in [1.82, 2.24) is 24.7 Å². The highest BCUT2D eigenvalue weighted by Gasteiger charge is 2.33. The Kier molecular flexibility index (Phi) is 6.29. The molecular weight excluding hydrogens is 459 g/mol. The van der Waals surface area contributed by atoms with Crippen LogP contribution in [-0.4, -0.2) is 30.6 Å². The summed E-state index contributed by atoms with van der Waals surface area (Å²) >= 11 is 0. The van der Waals surface area contributed by atoms with E-state index in [-0.39, 0.29) is 12.2 Å². The SMILES string of the molecule is Cc1nn(CC(=O)Nc2ccc(-c3ccnc(C#N)c3)cn2)c(C)c1-c1ccnc(C(F)(F)F)c1. The molecule has 4 aromatic rings. The van der Waals surface area contributed by atoms with E-state index in [2.05, 4.69) is 25.4 Å². The quantitative estimate of drug-likeness (QED) is 0.452. The molecule has 0 aromatic carbocycles. The Labute approximate surface area is 198 Å². The van der Waals surface area contributed by atoms with Gasteiger partial charge in [0.2, 0.25) is 5.91 Å².